The third-order valence-corrected chi connectivity index (χ3v) is 1.31. The molecule has 0 amide bonds. The summed E-state index contributed by atoms with van der Waals surface area (Å²) in [6, 6.07) is 0. The highest BCUT2D eigenvalue weighted by atomic mass is 16.1. The third-order valence-electron chi connectivity index (χ3n) is 1.31. The van der Waals surface area contributed by atoms with Crippen molar-refractivity contribution in [3.63, 3.8) is 0 Å². The maximum atomic E-state index is 11.1. The number of carbonyl (C=O) groups is 1. The largest absolute Gasteiger partial charge is 0.330 e. The summed E-state index contributed by atoms with van der Waals surface area (Å²) in [6.07, 6.45) is 2.56. The summed E-state index contributed by atoms with van der Waals surface area (Å²) in [4.78, 5) is 11.1. The van der Waals surface area contributed by atoms with E-state index >= 15 is 0 Å². The third kappa shape index (κ3) is 2.12. The summed E-state index contributed by atoms with van der Waals surface area (Å²) >= 11 is 0. The maximum absolute atomic E-state index is 11.1. The van der Waals surface area contributed by atoms with Crippen LogP contribution in [0, 0.1) is 0 Å². The van der Waals surface area contributed by atoms with E-state index in [0.29, 0.717) is 25.1 Å². The number of nitrogens with zero attached hydrogens (tertiary/aromatic N) is 2. The van der Waals surface area contributed by atoms with Crippen LogP contribution in [0.3, 0.4) is 0 Å². The van der Waals surface area contributed by atoms with Gasteiger partial charge in [0.2, 0.25) is 0 Å². The van der Waals surface area contributed by atoms with Crippen LogP contribution in [-0.4, -0.2) is 27.7 Å². The smallest absolute Gasteiger partial charge is 0.184 e. The quantitative estimate of drug-likeness (QED) is 0.584. The van der Waals surface area contributed by atoms with Gasteiger partial charge >= 0.3 is 0 Å². The van der Waals surface area contributed by atoms with Crippen LogP contribution >= 0.6 is 0 Å². The molecule has 0 aliphatic rings. The predicted octanol–water partition coefficient (Wildman–Crippen LogP) is -0.274. The summed E-state index contributed by atoms with van der Waals surface area (Å²) in [5.74, 6) is -0.01000. The summed E-state index contributed by atoms with van der Waals surface area (Å²) < 4.78 is 0. The number of carbonyl (C=O) groups excluding carboxylic acids is 1. The van der Waals surface area contributed by atoms with E-state index in [1.165, 1.54) is 6.20 Å². The summed E-state index contributed by atoms with van der Waals surface area (Å²) in [5.41, 5.74) is 5.62. The Hall–Kier alpha value is -1.23. The Bertz CT molecular complexity index is 218. The molecule has 5 nitrogen and oxygen atoms in total. The fraction of sp³-hybridized carbons (Fsp3) is 0.500. The lowest BCUT2D eigenvalue weighted by atomic mass is 10.2. The zero-order valence-electron chi connectivity index (χ0n) is 6.08. The molecule has 11 heavy (non-hydrogen) atoms. The molecule has 5 heteroatoms. The van der Waals surface area contributed by atoms with Crippen molar-refractivity contribution in [2.75, 3.05) is 6.54 Å². The van der Waals surface area contributed by atoms with Gasteiger partial charge in [-0.05, 0) is 13.0 Å². The van der Waals surface area contributed by atoms with Crippen LogP contribution in [0.5, 0.6) is 0 Å². The topological polar surface area (TPSA) is 84.7 Å². The van der Waals surface area contributed by atoms with Crippen LogP contribution in [0.2, 0.25) is 0 Å². The molecule has 1 rings (SSSR count). The number of aromatic amines is 1. The minimum atomic E-state index is -0.01000. The van der Waals surface area contributed by atoms with Crippen molar-refractivity contribution >= 4 is 5.78 Å². The first-order chi connectivity index (χ1) is 5.34. The van der Waals surface area contributed by atoms with Crippen LogP contribution in [-0.2, 0) is 0 Å². The average molecular weight is 154 g/mol. The molecule has 0 saturated heterocycles. The average Bonchev–Trinajstić information content (AvgIpc) is 2.52. The second-order valence-electron chi connectivity index (χ2n) is 2.17. The lowest BCUT2D eigenvalue weighted by molar-refractivity contribution is 0.0976. The van der Waals surface area contributed by atoms with Gasteiger partial charge in [0.15, 0.2) is 5.78 Å². The van der Waals surface area contributed by atoms with E-state index < -0.39 is 0 Å². The first-order valence-corrected chi connectivity index (χ1v) is 3.43. The Balaban J connectivity index is 2.43. The highest BCUT2D eigenvalue weighted by Crippen LogP contribution is 1.97. The Labute approximate surface area is 64.0 Å². The Morgan fingerprint density at radius 1 is 1.73 bits per heavy atom. The molecular weight excluding hydrogens is 144 g/mol. The molecule has 0 saturated carbocycles. The van der Waals surface area contributed by atoms with Gasteiger partial charge in [-0.25, -0.2) is 0 Å². The van der Waals surface area contributed by atoms with Gasteiger partial charge in [0.25, 0.3) is 0 Å². The first-order valence-electron chi connectivity index (χ1n) is 3.43. The molecule has 3 N–H and O–H groups in total. The maximum Gasteiger partial charge on any atom is 0.184 e. The van der Waals surface area contributed by atoms with E-state index in [2.05, 4.69) is 15.4 Å². The summed E-state index contributed by atoms with van der Waals surface area (Å²) in [7, 11) is 0. The van der Waals surface area contributed by atoms with Gasteiger partial charge in [-0.2, -0.15) is 15.4 Å². The van der Waals surface area contributed by atoms with Crippen molar-refractivity contribution in [2.24, 2.45) is 5.73 Å². The number of nitrogens with two attached hydrogens (primary N) is 1. The van der Waals surface area contributed by atoms with Crippen molar-refractivity contribution in [1.82, 2.24) is 15.4 Å². The molecule has 0 spiro atoms. The van der Waals surface area contributed by atoms with Gasteiger partial charge in [-0.15, -0.1) is 0 Å². The van der Waals surface area contributed by atoms with Gasteiger partial charge in [0.05, 0.1) is 6.20 Å². The van der Waals surface area contributed by atoms with E-state index in [9.17, 15) is 4.79 Å². The SMILES string of the molecule is NCCCC(=O)c1cn[nH]n1. The molecule has 0 atom stereocenters. The minimum absolute atomic E-state index is 0.01000. The minimum Gasteiger partial charge on any atom is -0.330 e. The lowest BCUT2D eigenvalue weighted by Crippen LogP contribution is -2.05. The number of ketones is 1. The molecule has 0 unspecified atom stereocenters. The number of hydrogen-bond donors (Lipinski definition) is 2. The van der Waals surface area contributed by atoms with Crippen molar-refractivity contribution < 1.29 is 4.79 Å². The molecule has 1 aromatic heterocycles. The lowest BCUT2D eigenvalue weighted by Gasteiger charge is -1.91. The molecule has 0 aliphatic heterocycles. The zero-order chi connectivity index (χ0) is 8.10. The molecule has 0 bridgehead atoms. The van der Waals surface area contributed by atoms with Crippen LogP contribution in [0.15, 0.2) is 6.20 Å². The van der Waals surface area contributed by atoms with Gasteiger partial charge in [0, 0.05) is 6.42 Å². The standard InChI is InChI=1S/C6H10N4O/c7-3-1-2-6(11)5-4-8-10-9-5/h4H,1-3,7H2,(H,8,9,10). The predicted molar refractivity (Wildman–Crippen MR) is 39.0 cm³/mol. The Morgan fingerprint density at radius 3 is 3.09 bits per heavy atom. The highest BCUT2D eigenvalue weighted by molar-refractivity contribution is 5.93. The second-order valence-corrected chi connectivity index (χ2v) is 2.17. The van der Waals surface area contributed by atoms with Crippen LogP contribution in [0.4, 0.5) is 0 Å². The normalized spacial score (nSPS) is 9.91. The van der Waals surface area contributed by atoms with Crippen LogP contribution < -0.4 is 5.73 Å². The van der Waals surface area contributed by atoms with E-state index in [4.69, 9.17) is 5.73 Å². The fourth-order valence-electron chi connectivity index (χ4n) is 0.727. The van der Waals surface area contributed by atoms with Crippen LogP contribution in [0.1, 0.15) is 23.3 Å². The van der Waals surface area contributed by atoms with Gasteiger partial charge in [-0.1, -0.05) is 0 Å². The van der Waals surface area contributed by atoms with Crippen LogP contribution in [0.25, 0.3) is 0 Å². The molecule has 0 radical (unpaired) electrons. The monoisotopic (exact) mass is 154 g/mol. The van der Waals surface area contributed by atoms with E-state index in [0.717, 1.165) is 0 Å². The van der Waals surface area contributed by atoms with Crippen molar-refractivity contribution in [1.29, 1.82) is 0 Å². The van der Waals surface area contributed by atoms with E-state index in [1.54, 1.807) is 0 Å². The first kappa shape index (κ1) is 7.87. The second kappa shape index (κ2) is 3.82. The van der Waals surface area contributed by atoms with Crippen molar-refractivity contribution in [2.45, 2.75) is 12.8 Å². The molecule has 1 aromatic rings. The van der Waals surface area contributed by atoms with Crippen molar-refractivity contribution in [3.05, 3.63) is 11.9 Å². The number of Topliss-reactive ketones (excluding diaryl/α,β-unsaturated/α-hetero) is 1. The molecule has 0 aromatic carbocycles. The number of hydrogen-bond acceptors (Lipinski definition) is 4. The Morgan fingerprint density at radius 2 is 2.55 bits per heavy atom. The van der Waals surface area contributed by atoms with E-state index in [1.807, 2.05) is 0 Å². The van der Waals surface area contributed by atoms with Gasteiger partial charge in [-0.3, -0.25) is 4.79 Å². The molecule has 60 valence electrons. The molecule has 1 heterocycles. The van der Waals surface area contributed by atoms with E-state index in [-0.39, 0.29) is 5.78 Å². The molecular formula is C6H10N4O. The Kier molecular flexibility index (Phi) is 2.74. The molecule has 0 fully saturated rings. The van der Waals surface area contributed by atoms with Crippen molar-refractivity contribution in [3.8, 4) is 0 Å². The molecule has 0 aliphatic carbocycles. The van der Waals surface area contributed by atoms with Gasteiger partial charge in [0.1, 0.15) is 5.69 Å². The number of rotatable bonds is 4. The summed E-state index contributed by atoms with van der Waals surface area (Å²) in [6.45, 7) is 0.531. The fourth-order valence-corrected chi connectivity index (χ4v) is 0.727. The highest BCUT2D eigenvalue weighted by Gasteiger charge is 2.06. The summed E-state index contributed by atoms with van der Waals surface area (Å²) in [5, 5.41) is 9.54. The zero-order valence-corrected chi connectivity index (χ0v) is 6.08. The number of nitrogens with one attached hydrogen (secondary N) is 1. The van der Waals surface area contributed by atoms with Gasteiger partial charge < -0.3 is 5.73 Å². The number of aromatic nitrogens is 3. The number of H-pyrrole nitrogens is 1.